The molecule has 0 bridgehead atoms. The number of methoxy groups -OCH3 is 1. The van der Waals surface area contributed by atoms with Crippen LogP contribution in [0.15, 0.2) is 12.3 Å². The lowest BCUT2D eigenvalue weighted by molar-refractivity contribution is -0.0382. The van der Waals surface area contributed by atoms with E-state index >= 15 is 0 Å². The molecule has 1 aromatic heterocycles. The van der Waals surface area contributed by atoms with Crippen molar-refractivity contribution < 1.29 is 18.6 Å². The summed E-state index contributed by atoms with van der Waals surface area (Å²) in [6.45, 7) is 1.97. The number of hydrogen-bond acceptors (Lipinski definition) is 4. The van der Waals surface area contributed by atoms with E-state index in [2.05, 4.69) is 9.88 Å². The molecule has 0 radical (unpaired) electrons. The van der Waals surface area contributed by atoms with Crippen molar-refractivity contribution in [1.82, 2.24) is 4.98 Å². The molecule has 24 heavy (non-hydrogen) atoms. The second-order valence-corrected chi connectivity index (χ2v) is 7.03. The zero-order valence-corrected chi connectivity index (χ0v) is 14.2. The summed E-state index contributed by atoms with van der Waals surface area (Å²) in [5.74, 6) is -1.47. The second kappa shape index (κ2) is 7.21. The normalized spacial score (nSPS) is 22.6. The zero-order valence-electron chi connectivity index (χ0n) is 14.2. The lowest BCUT2D eigenvalue weighted by Crippen LogP contribution is -2.36. The van der Waals surface area contributed by atoms with Crippen LogP contribution < -0.4 is 9.64 Å². The summed E-state index contributed by atoms with van der Waals surface area (Å²) in [4.78, 5) is 6.61. The summed E-state index contributed by atoms with van der Waals surface area (Å²) in [6, 6.07) is 1.93. The van der Waals surface area contributed by atoms with Crippen molar-refractivity contribution in [2.75, 3.05) is 31.7 Å². The van der Waals surface area contributed by atoms with Gasteiger partial charge in [-0.25, -0.2) is 13.8 Å². The maximum Gasteiger partial charge on any atom is 0.248 e. The van der Waals surface area contributed by atoms with Gasteiger partial charge in [0.15, 0.2) is 0 Å². The van der Waals surface area contributed by atoms with Gasteiger partial charge in [0.1, 0.15) is 0 Å². The van der Waals surface area contributed by atoms with Crippen molar-refractivity contribution in [3.8, 4) is 5.88 Å². The van der Waals surface area contributed by atoms with Gasteiger partial charge in [-0.2, -0.15) is 0 Å². The van der Waals surface area contributed by atoms with Gasteiger partial charge >= 0.3 is 0 Å². The highest BCUT2D eigenvalue weighted by Gasteiger charge is 2.36. The molecule has 134 valence electrons. The Bertz CT molecular complexity index is 550. The first-order valence-electron chi connectivity index (χ1n) is 8.80. The number of nitrogens with zero attached hydrogens (tertiary/aromatic N) is 2. The number of alkyl halides is 2. The molecule has 4 nitrogen and oxygen atoms in total. The molecule has 0 unspecified atom stereocenters. The fraction of sp³-hybridized carbons (Fsp3) is 0.722. The predicted octanol–water partition coefficient (Wildman–Crippen LogP) is 3.59. The summed E-state index contributed by atoms with van der Waals surface area (Å²) >= 11 is 0. The molecule has 1 N–H and O–H groups in total. The van der Waals surface area contributed by atoms with Crippen molar-refractivity contribution in [2.45, 2.75) is 50.4 Å². The fourth-order valence-electron chi connectivity index (χ4n) is 3.84. The zero-order chi connectivity index (χ0) is 17.2. The van der Waals surface area contributed by atoms with Crippen LogP contribution >= 0.6 is 0 Å². The predicted molar refractivity (Wildman–Crippen MR) is 89.0 cm³/mol. The van der Waals surface area contributed by atoms with Crippen LogP contribution in [0.2, 0.25) is 0 Å². The van der Waals surface area contributed by atoms with Crippen LogP contribution in [-0.2, 0) is 0 Å². The molecule has 1 saturated heterocycles. The molecule has 1 aromatic rings. The molecular weight excluding hydrogens is 314 g/mol. The van der Waals surface area contributed by atoms with Crippen molar-refractivity contribution in [3.63, 3.8) is 0 Å². The number of rotatable bonds is 4. The third kappa shape index (κ3) is 3.79. The Morgan fingerprint density at radius 2 is 1.92 bits per heavy atom. The van der Waals surface area contributed by atoms with Gasteiger partial charge in [0.25, 0.3) is 0 Å². The third-order valence-electron chi connectivity index (χ3n) is 5.47. The number of aliphatic hydroxyl groups excluding tert-OH is 1. The maximum atomic E-state index is 13.5. The molecule has 2 fully saturated rings. The number of pyridine rings is 1. The Hall–Kier alpha value is -1.43. The number of halogens is 2. The summed E-state index contributed by atoms with van der Waals surface area (Å²) in [6.07, 6.45) is 4.61. The summed E-state index contributed by atoms with van der Waals surface area (Å²) in [5, 5.41) is 9.32. The Morgan fingerprint density at radius 3 is 2.50 bits per heavy atom. The minimum Gasteiger partial charge on any atom is -0.481 e. The highest BCUT2D eigenvalue weighted by Crippen LogP contribution is 2.44. The Morgan fingerprint density at radius 1 is 1.25 bits per heavy atom. The summed E-state index contributed by atoms with van der Waals surface area (Å²) < 4.78 is 32.2. The van der Waals surface area contributed by atoms with E-state index in [1.807, 2.05) is 6.07 Å². The van der Waals surface area contributed by atoms with Gasteiger partial charge in [0, 0.05) is 50.5 Å². The van der Waals surface area contributed by atoms with Crippen LogP contribution in [0.1, 0.15) is 50.0 Å². The van der Waals surface area contributed by atoms with Gasteiger partial charge in [0.05, 0.1) is 7.11 Å². The quantitative estimate of drug-likeness (QED) is 0.910. The topological polar surface area (TPSA) is 45.6 Å². The first kappa shape index (κ1) is 17.4. The van der Waals surface area contributed by atoms with Gasteiger partial charge in [-0.3, -0.25) is 0 Å². The minimum atomic E-state index is -2.52. The van der Waals surface area contributed by atoms with Crippen LogP contribution in [-0.4, -0.2) is 42.8 Å². The van der Waals surface area contributed by atoms with Gasteiger partial charge in [0.2, 0.25) is 11.8 Å². The molecule has 0 atom stereocenters. The Kier molecular flexibility index (Phi) is 5.23. The smallest absolute Gasteiger partial charge is 0.248 e. The molecule has 3 rings (SSSR count). The lowest BCUT2D eigenvalue weighted by atomic mass is 9.82. The molecule has 1 aliphatic heterocycles. The molecule has 1 aliphatic carbocycles. The number of aromatic nitrogens is 1. The molecule has 2 heterocycles. The molecule has 2 aliphatic rings. The monoisotopic (exact) mass is 340 g/mol. The van der Waals surface area contributed by atoms with Crippen LogP contribution in [0.3, 0.4) is 0 Å². The first-order valence-corrected chi connectivity index (χ1v) is 8.80. The van der Waals surface area contributed by atoms with Gasteiger partial charge < -0.3 is 14.7 Å². The standard InChI is InChI=1S/C18H26F2N2O2/c1-24-17-10-16(22-8-4-13(12-23)5-9-22)15(11-21-17)14-2-6-18(19,20)7-3-14/h10-11,13-14,23H,2-9,12H2,1H3. The van der Waals surface area contributed by atoms with Crippen LogP contribution in [0, 0.1) is 5.92 Å². The minimum absolute atomic E-state index is 0.0459. The molecule has 6 heteroatoms. The summed E-state index contributed by atoms with van der Waals surface area (Å²) in [5.41, 5.74) is 2.13. The molecule has 0 spiro atoms. The van der Waals surface area contributed by atoms with E-state index in [-0.39, 0.29) is 25.4 Å². The maximum absolute atomic E-state index is 13.5. The Balaban J connectivity index is 1.81. The second-order valence-electron chi connectivity index (χ2n) is 7.03. The number of piperidine rings is 1. The van der Waals surface area contributed by atoms with Crippen molar-refractivity contribution >= 4 is 5.69 Å². The van der Waals surface area contributed by atoms with E-state index in [9.17, 15) is 13.9 Å². The molecule has 0 amide bonds. The van der Waals surface area contributed by atoms with E-state index in [1.54, 1.807) is 13.3 Å². The number of anilines is 1. The van der Waals surface area contributed by atoms with Crippen molar-refractivity contribution in [1.29, 1.82) is 0 Å². The van der Waals surface area contributed by atoms with Gasteiger partial charge in [-0.05, 0) is 43.1 Å². The average Bonchev–Trinajstić information content (AvgIpc) is 2.61. The highest BCUT2D eigenvalue weighted by molar-refractivity contribution is 5.57. The van der Waals surface area contributed by atoms with Crippen LogP contribution in [0.25, 0.3) is 0 Å². The Labute approximate surface area is 141 Å². The largest absolute Gasteiger partial charge is 0.481 e. The van der Waals surface area contributed by atoms with Crippen LogP contribution in [0.5, 0.6) is 5.88 Å². The number of ether oxygens (including phenoxy) is 1. The SMILES string of the molecule is COc1cc(N2CCC(CO)CC2)c(C2CCC(F)(F)CC2)cn1. The number of hydrogen-bond donors (Lipinski definition) is 1. The van der Waals surface area contributed by atoms with Crippen LogP contribution in [0.4, 0.5) is 14.5 Å². The van der Waals surface area contributed by atoms with Gasteiger partial charge in [-0.15, -0.1) is 0 Å². The van der Waals surface area contributed by atoms with E-state index in [1.165, 1.54) is 0 Å². The fourth-order valence-corrected chi connectivity index (χ4v) is 3.84. The lowest BCUT2D eigenvalue weighted by Gasteiger charge is -2.36. The molecular formula is C18H26F2N2O2. The first-order chi connectivity index (χ1) is 11.5. The van der Waals surface area contributed by atoms with E-state index in [4.69, 9.17) is 4.74 Å². The summed E-state index contributed by atoms with van der Waals surface area (Å²) in [7, 11) is 1.59. The third-order valence-corrected chi connectivity index (χ3v) is 5.47. The molecule has 0 aromatic carbocycles. The van der Waals surface area contributed by atoms with E-state index in [0.717, 1.165) is 37.2 Å². The van der Waals surface area contributed by atoms with E-state index < -0.39 is 5.92 Å². The van der Waals surface area contributed by atoms with E-state index in [0.29, 0.717) is 24.6 Å². The average molecular weight is 340 g/mol. The van der Waals surface area contributed by atoms with Crippen molar-refractivity contribution in [2.24, 2.45) is 5.92 Å². The number of aliphatic hydroxyl groups is 1. The van der Waals surface area contributed by atoms with Gasteiger partial charge in [-0.1, -0.05) is 0 Å². The molecule has 1 saturated carbocycles. The highest BCUT2D eigenvalue weighted by atomic mass is 19.3. The van der Waals surface area contributed by atoms with Crippen molar-refractivity contribution in [3.05, 3.63) is 17.8 Å².